The molecule has 27 heavy (non-hydrogen) atoms. The van der Waals surface area contributed by atoms with Gasteiger partial charge in [0.25, 0.3) is 5.91 Å². The van der Waals surface area contributed by atoms with E-state index in [1.165, 1.54) is 25.8 Å². The van der Waals surface area contributed by atoms with Crippen LogP contribution >= 0.6 is 0 Å². The van der Waals surface area contributed by atoms with Crippen molar-refractivity contribution in [3.63, 3.8) is 0 Å². The lowest BCUT2D eigenvalue weighted by Crippen LogP contribution is -2.31. The molecule has 0 aliphatic carbocycles. The van der Waals surface area contributed by atoms with Gasteiger partial charge in [-0.25, -0.2) is 4.79 Å². The number of rotatable bonds is 8. The number of hydrogen-bond acceptors (Lipinski definition) is 5. The van der Waals surface area contributed by atoms with Gasteiger partial charge >= 0.3 is 5.97 Å². The van der Waals surface area contributed by atoms with Crippen LogP contribution in [0.2, 0.25) is 0 Å². The third-order valence-corrected chi connectivity index (χ3v) is 4.23. The molecule has 2 aromatic carbocycles. The number of carbonyl (C=O) groups is 2. The molecule has 144 valence electrons. The van der Waals surface area contributed by atoms with Crippen LogP contribution in [-0.4, -0.2) is 32.7 Å². The maximum Gasteiger partial charge on any atom is 0.342 e. The zero-order valence-corrected chi connectivity index (χ0v) is 16.1. The SMILES string of the molecule is CCc1ccc([C@@H](C)NC(=O)COC(=O)c2ccc(OC)cc2OC)cc1. The summed E-state index contributed by atoms with van der Waals surface area (Å²) in [5.74, 6) is -0.124. The van der Waals surface area contributed by atoms with Crippen molar-refractivity contribution in [2.45, 2.75) is 26.3 Å². The fraction of sp³-hybridized carbons (Fsp3) is 0.333. The molecule has 0 spiro atoms. The Kier molecular flexibility index (Phi) is 7.23. The van der Waals surface area contributed by atoms with Crippen molar-refractivity contribution < 1.29 is 23.8 Å². The van der Waals surface area contributed by atoms with Crippen LogP contribution in [0.4, 0.5) is 0 Å². The van der Waals surface area contributed by atoms with Gasteiger partial charge < -0.3 is 19.5 Å². The molecule has 0 radical (unpaired) electrons. The Balaban J connectivity index is 1.91. The first kappa shape index (κ1) is 20.3. The molecular weight excluding hydrogens is 346 g/mol. The van der Waals surface area contributed by atoms with Crippen LogP contribution in [0.3, 0.4) is 0 Å². The Morgan fingerprint density at radius 2 is 1.74 bits per heavy atom. The van der Waals surface area contributed by atoms with Gasteiger partial charge in [0.1, 0.15) is 17.1 Å². The van der Waals surface area contributed by atoms with Crippen LogP contribution in [0, 0.1) is 0 Å². The molecule has 1 atom stereocenters. The van der Waals surface area contributed by atoms with E-state index in [4.69, 9.17) is 14.2 Å². The quantitative estimate of drug-likeness (QED) is 0.721. The van der Waals surface area contributed by atoms with Crippen molar-refractivity contribution in [2.75, 3.05) is 20.8 Å². The van der Waals surface area contributed by atoms with E-state index in [1.807, 2.05) is 31.2 Å². The van der Waals surface area contributed by atoms with E-state index < -0.39 is 5.97 Å². The first-order chi connectivity index (χ1) is 13.0. The minimum absolute atomic E-state index is 0.183. The second-order valence-corrected chi connectivity index (χ2v) is 6.03. The number of nitrogens with one attached hydrogen (secondary N) is 1. The van der Waals surface area contributed by atoms with Crippen molar-refractivity contribution in [2.24, 2.45) is 0 Å². The summed E-state index contributed by atoms with van der Waals surface area (Å²) in [6.45, 7) is 3.60. The van der Waals surface area contributed by atoms with Crippen molar-refractivity contribution in [3.05, 3.63) is 59.2 Å². The third kappa shape index (κ3) is 5.48. The van der Waals surface area contributed by atoms with Crippen molar-refractivity contribution in [1.82, 2.24) is 5.32 Å². The second kappa shape index (κ2) is 9.62. The number of benzene rings is 2. The van der Waals surface area contributed by atoms with E-state index in [2.05, 4.69) is 12.2 Å². The summed E-state index contributed by atoms with van der Waals surface area (Å²) < 4.78 is 15.4. The van der Waals surface area contributed by atoms with Crippen molar-refractivity contribution >= 4 is 11.9 Å². The van der Waals surface area contributed by atoms with Gasteiger partial charge in [-0.05, 0) is 36.6 Å². The van der Waals surface area contributed by atoms with Crippen LogP contribution < -0.4 is 14.8 Å². The average molecular weight is 371 g/mol. The van der Waals surface area contributed by atoms with Gasteiger partial charge in [-0.3, -0.25) is 4.79 Å². The van der Waals surface area contributed by atoms with Crippen LogP contribution in [0.15, 0.2) is 42.5 Å². The van der Waals surface area contributed by atoms with E-state index in [0.29, 0.717) is 11.5 Å². The summed E-state index contributed by atoms with van der Waals surface area (Å²) >= 11 is 0. The minimum Gasteiger partial charge on any atom is -0.497 e. The monoisotopic (exact) mass is 371 g/mol. The van der Waals surface area contributed by atoms with Gasteiger partial charge in [-0.2, -0.15) is 0 Å². The molecule has 0 saturated carbocycles. The predicted molar refractivity (Wildman–Crippen MR) is 102 cm³/mol. The fourth-order valence-electron chi connectivity index (χ4n) is 2.58. The van der Waals surface area contributed by atoms with E-state index in [-0.39, 0.29) is 24.1 Å². The Labute approximate surface area is 159 Å². The average Bonchev–Trinajstić information content (AvgIpc) is 2.71. The van der Waals surface area contributed by atoms with Crippen LogP contribution in [-0.2, 0) is 16.0 Å². The number of ether oxygens (including phenoxy) is 3. The predicted octanol–water partition coefficient (Wildman–Crippen LogP) is 3.30. The van der Waals surface area contributed by atoms with Gasteiger partial charge in [0.05, 0.1) is 20.3 Å². The molecule has 2 aromatic rings. The Morgan fingerprint density at radius 3 is 2.33 bits per heavy atom. The number of hydrogen-bond donors (Lipinski definition) is 1. The lowest BCUT2D eigenvalue weighted by atomic mass is 10.1. The summed E-state index contributed by atoms with van der Waals surface area (Å²) in [5.41, 5.74) is 2.46. The van der Waals surface area contributed by atoms with Crippen LogP contribution in [0.1, 0.15) is 41.4 Å². The van der Waals surface area contributed by atoms with Gasteiger partial charge in [0.15, 0.2) is 6.61 Å². The Hall–Kier alpha value is -3.02. The van der Waals surface area contributed by atoms with E-state index in [1.54, 1.807) is 12.1 Å². The second-order valence-electron chi connectivity index (χ2n) is 6.03. The Bertz CT molecular complexity index is 786. The summed E-state index contributed by atoms with van der Waals surface area (Å²) in [6.07, 6.45) is 0.964. The van der Waals surface area contributed by atoms with E-state index >= 15 is 0 Å². The third-order valence-electron chi connectivity index (χ3n) is 4.23. The van der Waals surface area contributed by atoms with Gasteiger partial charge in [0, 0.05) is 6.07 Å². The molecule has 0 heterocycles. The number of aryl methyl sites for hydroxylation is 1. The molecular formula is C21H25NO5. The first-order valence-corrected chi connectivity index (χ1v) is 8.75. The Morgan fingerprint density at radius 1 is 1.04 bits per heavy atom. The van der Waals surface area contributed by atoms with Gasteiger partial charge in [-0.1, -0.05) is 31.2 Å². The topological polar surface area (TPSA) is 73.9 Å². The largest absolute Gasteiger partial charge is 0.497 e. The molecule has 0 fully saturated rings. The molecule has 0 bridgehead atoms. The molecule has 0 aliphatic rings. The maximum absolute atomic E-state index is 12.2. The van der Waals surface area contributed by atoms with Crippen molar-refractivity contribution in [3.8, 4) is 11.5 Å². The molecule has 2 rings (SSSR count). The summed E-state index contributed by atoms with van der Waals surface area (Å²) in [4.78, 5) is 24.3. The van der Waals surface area contributed by atoms with E-state index in [0.717, 1.165) is 12.0 Å². The number of methoxy groups -OCH3 is 2. The highest BCUT2D eigenvalue weighted by Gasteiger charge is 2.17. The van der Waals surface area contributed by atoms with E-state index in [9.17, 15) is 9.59 Å². The molecule has 1 N–H and O–H groups in total. The zero-order chi connectivity index (χ0) is 19.8. The molecule has 1 amide bonds. The standard InChI is InChI=1S/C21H25NO5/c1-5-15-6-8-16(9-7-15)14(2)22-20(23)13-27-21(24)18-11-10-17(25-3)12-19(18)26-4/h6-12,14H,5,13H2,1-4H3,(H,22,23)/t14-/m1/s1. The van der Waals surface area contributed by atoms with Crippen LogP contribution in [0.5, 0.6) is 11.5 Å². The minimum atomic E-state index is -0.635. The summed E-state index contributed by atoms with van der Waals surface area (Å²) in [5, 5.41) is 2.82. The van der Waals surface area contributed by atoms with Gasteiger partial charge in [-0.15, -0.1) is 0 Å². The molecule has 0 aliphatic heterocycles. The fourth-order valence-corrected chi connectivity index (χ4v) is 2.58. The molecule has 6 nitrogen and oxygen atoms in total. The first-order valence-electron chi connectivity index (χ1n) is 8.75. The lowest BCUT2D eigenvalue weighted by Gasteiger charge is -2.15. The smallest absolute Gasteiger partial charge is 0.342 e. The maximum atomic E-state index is 12.2. The number of carbonyl (C=O) groups excluding carboxylic acids is 2. The lowest BCUT2D eigenvalue weighted by molar-refractivity contribution is -0.124. The number of esters is 1. The van der Waals surface area contributed by atoms with Crippen LogP contribution in [0.25, 0.3) is 0 Å². The van der Waals surface area contributed by atoms with Gasteiger partial charge in [0.2, 0.25) is 0 Å². The highest BCUT2D eigenvalue weighted by atomic mass is 16.5. The normalized spacial score (nSPS) is 11.4. The summed E-state index contributed by atoms with van der Waals surface area (Å²) in [6, 6.07) is 12.6. The molecule has 0 saturated heterocycles. The zero-order valence-electron chi connectivity index (χ0n) is 16.1. The molecule has 6 heteroatoms. The number of amides is 1. The highest BCUT2D eigenvalue weighted by molar-refractivity contribution is 5.94. The van der Waals surface area contributed by atoms with Crippen molar-refractivity contribution in [1.29, 1.82) is 0 Å². The molecule has 0 unspecified atom stereocenters. The highest BCUT2D eigenvalue weighted by Crippen LogP contribution is 2.25. The summed E-state index contributed by atoms with van der Waals surface area (Å²) in [7, 11) is 2.97. The molecule has 0 aromatic heterocycles.